The lowest BCUT2D eigenvalue weighted by Gasteiger charge is -2.37. The average molecular weight is 359 g/mol. The Balaban J connectivity index is 1.45. The van der Waals surface area contributed by atoms with E-state index in [1.54, 1.807) is 0 Å². The predicted octanol–water partition coefficient (Wildman–Crippen LogP) is 1.50. The molecule has 3 rings (SSSR count). The monoisotopic (exact) mass is 359 g/mol. The van der Waals surface area contributed by atoms with E-state index >= 15 is 0 Å². The minimum Gasteiger partial charge on any atom is -0.493 e. The van der Waals surface area contributed by atoms with E-state index in [4.69, 9.17) is 10.5 Å². The number of ether oxygens (including phenoxy) is 1. The first-order chi connectivity index (χ1) is 12.6. The second-order valence-corrected chi connectivity index (χ2v) is 7.43. The van der Waals surface area contributed by atoms with Gasteiger partial charge in [-0.3, -0.25) is 14.5 Å². The number of nitrogens with two attached hydrogens (primary N) is 1. The zero-order valence-electron chi connectivity index (χ0n) is 15.3. The minimum absolute atomic E-state index is 0.0768. The number of rotatable bonds is 6. The first kappa shape index (κ1) is 18.7. The summed E-state index contributed by atoms with van der Waals surface area (Å²) < 4.78 is 5.88. The lowest BCUT2D eigenvalue weighted by molar-refractivity contribution is -0.139. The number of primary amides is 1. The molecule has 0 saturated carbocycles. The highest BCUT2D eigenvalue weighted by molar-refractivity contribution is 5.79. The van der Waals surface area contributed by atoms with Crippen molar-refractivity contribution in [1.29, 1.82) is 0 Å². The third kappa shape index (κ3) is 5.21. The molecule has 2 amide bonds. The Labute approximate surface area is 155 Å². The van der Waals surface area contributed by atoms with Crippen LogP contribution in [0.1, 0.15) is 25.7 Å². The Bertz CT molecular complexity index is 600. The number of para-hydroxylation sites is 1. The van der Waals surface area contributed by atoms with Gasteiger partial charge in [0.1, 0.15) is 5.75 Å². The summed E-state index contributed by atoms with van der Waals surface area (Å²) in [4.78, 5) is 28.0. The van der Waals surface area contributed by atoms with E-state index in [1.165, 1.54) is 0 Å². The summed E-state index contributed by atoms with van der Waals surface area (Å²) in [5.74, 6) is 1.33. The van der Waals surface area contributed by atoms with Crippen LogP contribution < -0.4 is 10.5 Å². The van der Waals surface area contributed by atoms with E-state index in [-0.39, 0.29) is 17.7 Å². The standard InChI is InChI=1S/C20H29N3O3/c21-19(24)14-22-11-8-17(9-12-22)20(25)23-10-4-5-16(13-23)15-26-18-6-2-1-3-7-18/h1-3,6-7,16-17H,4-5,8-15H2,(H2,21,24)/t16-/m0/s1. The smallest absolute Gasteiger partial charge is 0.231 e. The van der Waals surface area contributed by atoms with Crippen LogP contribution in [0.15, 0.2) is 30.3 Å². The maximum Gasteiger partial charge on any atom is 0.231 e. The molecule has 6 heteroatoms. The van der Waals surface area contributed by atoms with E-state index in [0.717, 1.165) is 57.6 Å². The molecule has 2 N–H and O–H groups in total. The quantitative estimate of drug-likeness (QED) is 0.835. The number of nitrogens with zero attached hydrogens (tertiary/aromatic N) is 2. The third-order valence-electron chi connectivity index (χ3n) is 5.38. The topological polar surface area (TPSA) is 75.9 Å². The van der Waals surface area contributed by atoms with Gasteiger partial charge in [-0.25, -0.2) is 0 Å². The SMILES string of the molecule is NC(=O)CN1CCC(C(=O)N2CCC[C@H](COc3ccccc3)C2)CC1. The second-order valence-electron chi connectivity index (χ2n) is 7.43. The highest BCUT2D eigenvalue weighted by atomic mass is 16.5. The number of carbonyl (C=O) groups excluding carboxylic acids is 2. The second kappa shape index (κ2) is 9.03. The van der Waals surface area contributed by atoms with Crippen LogP contribution in [0.4, 0.5) is 0 Å². The molecule has 1 aromatic carbocycles. The van der Waals surface area contributed by atoms with Crippen molar-refractivity contribution >= 4 is 11.8 Å². The van der Waals surface area contributed by atoms with Crippen LogP contribution in [0.5, 0.6) is 5.75 Å². The van der Waals surface area contributed by atoms with E-state index < -0.39 is 0 Å². The predicted molar refractivity (Wildman–Crippen MR) is 99.6 cm³/mol. The van der Waals surface area contributed by atoms with Gasteiger partial charge in [0, 0.05) is 24.9 Å². The lowest BCUT2D eigenvalue weighted by atomic mass is 9.92. The molecule has 0 spiro atoms. The van der Waals surface area contributed by atoms with Gasteiger partial charge < -0.3 is 15.4 Å². The van der Waals surface area contributed by atoms with Gasteiger partial charge in [0.15, 0.2) is 0 Å². The van der Waals surface area contributed by atoms with Crippen molar-refractivity contribution in [2.75, 3.05) is 39.3 Å². The van der Waals surface area contributed by atoms with Crippen molar-refractivity contribution in [2.24, 2.45) is 17.6 Å². The molecule has 142 valence electrons. The molecular formula is C20H29N3O3. The van der Waals surface area contributed by atoms with Gasteiger partial charge >= 0.3 is 0 Å². The normalized spacial score (nSPS) is 22.2. The van der Waals surface area contributed by atoms with Gasteiger partial charge in [-0.05, 0) is 50.9 Å². The van der Waals surface area contributed by atoms with Crippen molar-refractivity contribution in [3.63, 3.8) is 0 Å². The highest BCUT2D eigenvalue weighted by Crippen LogP contribution is 2.24. The molecule has 0 aromatic heterocycles. The fourth-order valence-electron chi connectivity index (χ4n) is 3.95. The molecule has 2 fully saturated rings. The Hall–Kier alpha value is -2.08. The van der Waals surface area contributed by atoms with Crippen LogP contribution in [-0.2, 0) is 9.59 Å². The molecule has 0 aliphatic carbocycles. The molecule has 26 heavy (non-hydrogen) atoms. The first-order valence-corrected chi connectivity index (χ1v) is 9.59. The molecule has 6 nitrogen and oxygen atoms in total. The maximum atomic E-state index is 12.9. The number of hydrogen-bond donors (Lipinski definition) is 1. The van der Waals surface area contributed by atoms with Gasteiger partial charge in [-0.2, -0.15) is 0 Å². The van der Waals surface area contributed by atoms with Crippen LogP contribution in [-0.4, -0.2) is 60.9 Å². The van der Waals surface area contributed by atoms with Crippen molar-refractivity contribution in [2.45, 2.75) is 25.7 Å². The van der Waals surface area contributed by atoms with E-state index in [0.29, 0.717) is 19.1 Å². The molecule has 2 saturated heterocycles. The Kier molecular flexibility index (Phi) is 6.50. The van der Waals surface area contributed by atoms with Crippen LogP contribution in [0, 0.1) is 11.8 Å². The number of carbonyl (C=O) groups is 2. The van der Waals surface area contributed by atoms with E-state index in [9.17, 15) is 9.59 Å². The van der Waals surface area contributed by atoms with E-state index in [1.807, 2.05) is 40.1 Å². The summed E-state index contributed by atoms with van der Waals surface area (Å²) in [6.07, 6.45) is 3.77. The van der Waals surface area contributed by atoms with E-state index in [2.05, 4.69) is 0 Å². The summed E-state index contributed by atoms with van der Waals surface area (Å²) in [6, 6.07) is 9.84. The zero-order valence-corrected chi connectivity index (χ0v) is 15.3. The zero-order chi connectivity index (χ0) is 18.4. The number of likely N-dealkylation sites (tertiary alicyclic amines) is 2. The average Bonchev–Trinajstić information content (AvgIpc) is 2.67. The summed E-state index contributed by atoms with van der Waals surface area (Å²) in [5, 5.41) is 0. The summed E-state index contributed by atoms with van der Waals surface area (Å²) in [5.41, 5.74) is 5.25. The Morgan fingerprint density at radius 2 is 1.81 bits per heavy atom. The molecule has 2 aliphatic rings. The minimum atomic E-state index is -0.299. The first-order valence-electron chi connectivity index (χ1n) is 9.59. The summed E-state index contributed by atoms with van der Waals surface area (Å²) >= 11 is 0. The van der Waals surface area contributed by atoms with Crippen molar-refractivity contribution in [3.05, 3.63) is 30.3 Å². The van der Waals surface area contributed by atoms with Crippen LogP contribution in [0.2, 0.25) is 0 Å². The maximum absolute atomic E-state index is 12.9. The fourth-order valence-corrected chi connectivity index (χ4v) is 3.95. The van der Waals surface area contributed by atoms with Crippen molar-refractivity contribution in [3.8, 4) is 5.75 Å². The van der Waals surface area contributed by atoms with Gasteiger partial charge in [-0.1, -0.05) is 18.2 Å². The number of piperidine rings is 2. The molecular weight excluding hydrogens is 330 g/mol. The van der Waals surface area contributed by atoms with Crippen molar-refractivity contribution < 1.29 is 14.3 Å². The molecule has 2 aliphatic heterocycles. The Morgan fingerprint density at radius 1 is 1.08 bits per heavy atom. The highest BCUT2D eigenvalue weighted by Gasteiger charge is 2.31. The molecule has 0 radical (unpaired) electrons. The molecule has 0 unspecified atom stereocenters. The fraction of sp³-hybridized carbons (Fsp3) is 0.600. The van der Waals surface area contributed by atoms with Gasteiger partial charge in [-0.15, -0.1) is 0 Å². The molecule has 0 bridgehead atoms. The van der Waals surface area contributed by atoms with Crippen LogP contribution >= 0.6 is 0 Å². The summed E-state index contributed by atoms with van der Waals surface area (Å²) in [6.45, 7) is 4.13. The molecule has 2 heterocycles. The van der Waals surface area contributed by atoms with Crippen LogP contribution in [0.25, 0.3) is 0 Å². The van der Waals surface area contributed by atoms with Gasteiger partial charge in [0.05, 0.1) is 13.2 Å². The lowest BCUT2D eigenvalue weighted by Crippen LogP contribution is -2.48. The van der Waals surface area contributed by atoms with Gasteiger partial charge in [0.2, 0.25) is 11.8 Å². The Morgan fingerprint density at radius 3 is 2.50 bits per heavy atom. The number of benzene rings is 1. The van der Waals surface area contributed by atoms with Crippen LogP contribution in [0.3, 0.4) is 0 Å². The largest absolute Gasteiger partial charge is 0.493 e. The number of hydrogen-bond acceptors (Lipinski definition) is 4. The molecule has 1 aromatic rings. The van der Waals surface area contributed by atoms with Gasteiger partial charge in [0.25, 0.3) is 0 Å². The molecule has 1 atom stereocenters. The van der Waals surface area contributed by atoms with Crippen molar-refractivity contribution in [1.82, 2.24) is 9.80 Å². The summed E-state index contributed by atoms with van der Waals surface area (Å²) in [7, 11) is 0. The number of amides is 2. The third-order valence-corrected chi connectivity index (χ3v) is 5.38.